The third-order valence-corrected chi connectivity index (χ3v) is 5.51. The van der Waals surface area contributed by atoms with Crippen molar-refractivity contribution in [2.45, 2.75) is 26.4 Å². The molecule has 0 atom stereocenters. The first-order valence-corrected chi connectivity index (χ1v) is 9.51. The van der Waals surface area contributed by atoms with Crippen LogP contribution in [0, 0.1) is 6.92 Å². The first-order chi connectivity index (χ1) is 13.7. The first kappa shape index (κ1) is 16.9. The zero-order valence-corrected chi connectivity index (χ0v) is 15.7. The molecule has 1 aliphatic heterocycles. The largest absolute Gasteiger partial charge is 0.357 e. The highest BCUT2D eigenvalue weighted by molar-refractivity contribution is 5.84. The summed E-state index contributed by atoms with van der Waals surface area (Å²) in [6.45, 7) is 4.43. The predicted molar refractivity (Wildman–Crippen MR) is 109 cm³/mol. The van der Waals surface area contributed by atoms with Crippen LogP contribution in [0.15, 0.2) is 53.5 Å². The van der Waals surface area contributed by atoms with Gasteiger partial charge in [0.05, 0.1) is 11.3 Å². The number of benzene rings is 1. The molecular formula is C22H21N5O. The normalized spacial score (nSPS) is 14.3. The lowest BCUT2D eigenvalue weighted by Gasteiger charge is -2.27. The summed E-state index contributed by atoms with van der Waals surface area (Å²) in [5.74, 6) is 0.546. The lowest BCUT2D eigenvalue weighted by molar-refractivity contribution is 0.239. The molecule has 1 aromatic carbocycles. The molecular weight excluding hydrogens is 350 g/mol. The lowest BCUT2D eigenvalue weighted by atomic mass is 10.1. The van der Waals surface area contributed by atoms with E-state index in [0.29, 0.717) is 18.1 Å². The Labute approximate surface area is 162 Å². The quantitative estimate of drug-likeness (QED) is 0.580. The second kappa shape index (κ2) is 6.73. The van der Waals surface area contributed by atoms with Crippen molar-refractivity contribution < 1.29 is 0 Å². The van der Waals surface area contributed by atoms with Crippen LogP contribution in [0.5, 0.6) is 0 Å². The number of pyridine rings is 1. The Morgan fingerprint density at radius 2 is 1.96 bits per heavy atom. The zero-order valence-electron chi connectivity index (χ0n) is 15.7. The molecule has 0 amide bonds. The van der Waals surface area contributed by atoms with Crippen molar-refractivity contribution in [3.8, 4) is 11.5 Å². The predicted octanol–water partition coefficient (Wildman–Crippen LogP) is 3.18. The highest BCUT2D eigenvalue weighted by atomic mass is 16.1. The fraction of sp³-hybridized carbons (Fsp3) is 0.227. The molecule has 0 saturated heterocycles. The summed E-state index contributed by atoms with van der Waals surface area (Å²) in [6.07, 6.45) is 2.47. The standard InChI is InChI=1S/C22H21N5O/c1-14-15-6-2-3-7-17(15)24-20(14)13-27-11-9-18-16(12-27)22(28)26-21(25-18)19-8-4-5-10-23-19/h2-8,10,24H,9,11-13H2,1H3,(H,25,26,28). The van der Waals surface area contributed by atoms with Crippen molar-refractivity contribution in [3.05, 3.63) is 81.5 Å². The molecule has 3 aromatic heterocycles. The van der Waals surface area contributed by atoms with E-state index < -0.39 is 0 Å². The zero-order chi connectivity index (χ0) is 19.1. The number of para-hydroxylation sites is 1. The average molecular weight is 371 g/mol. The minimum atomic E-state index is -0.0660. The Kier molecular flexibility index (Phi) is 4.06. The number of nitrogens with zero attached hydrogens (tertiary/aromatic N) is 3. The summed E-state index contributed by atoms with van der Waals surface area (Å²) in [7, 11) is 0. The summed E-state index contributed by atoms with van der Waals surface area (Å²) in [5, 5.41) is 1.26. The number of hydrogen-bond donors (Lipinski definition) is 2. The van der Waals surface area contributed by atoms with Gasteiger partial charge in [0.2, 0.25) is 0 Å². The van der Waals surface area contributed by atoms with Crippen LogP contribution in [-0.2, 0) is 19.5 Å². The van der Waals surface area contributed by atoms with E-state index in [1.54, 1.807) is 6.20 Å². The second-order valence-corrected chi connectivity index (χ2v) is 7.29. The van der Waals surface area contributed by atoms with Crippen LogP contribution in [0.2, 0.25) is 0 Å². The molecule has 2 N–H and O–H groups in total. The van der Waals surface area contributed by atoms with E-state index in [0.717, 1.165) is 36.3 Å². The minimum Gasteiger partial charge on any atom is -0.357 e. The molecule has 0 fully saturated rings. The van der Waals surface area contributed by atoms with E-state index in [9.17, 15) is 4.79 Å². The number of nitrogens with one attached hydrogen (secondary N) is 2. The van der Waals surface area contributed by atoms with Gasteiger partial charge in [-0.25, -0.2) is 4.98 Å². The van der Waals surface area contributed by atoms with Crippen molar-refractivity contribution in [3.63, 3.8) is 0 Å². The van der Waals surface area contributed by atoms with E-state index in [-0.39, 0.29) is 5.56 Å². The molecule has 0 radical (unpaired) electrons. The van der Waals surface area contributed by atoms with Crippen LogP contribution in [0.25, 0.3) is 22.4 Å². The molecule has 0 unspecified atom stereocenters. The summed E-state index contributed by atoms with van der Waals surface area (Å²) >= 11 is 0. The van der Waals surface area contributed by atoms with Gasteiger partial charge >= 0.3 is 0 Å². The highest BCUT2D eigenvalue weighted by Gasteiger charge is 2.23. The van der Waals surface area contributed by atoms with E-state index in [1.165, 1.54) is 16.6 Å². The molecule has 6 heteroatoms. The van der Waals surface area contributed by atoms with Crippen molar-refractivity contribution in [2.75, 3.05) is 6.54 Å². The Morgan fingerprint density at radius 1 is 1.11 bits per heavy atom. The topological polar surface area (TPSA) is 77.7 Å². The van der Waals surface area contributed by atoms with Crippen LogP contribution in [0.3, 0.4) is 0 Å². The maximum absolute atomic E-state index is 12.7. The van der Waals surface area contributed by atoms with Gasteiger partial charge < -0.3 is 9.97 Å². The van der Waals surface area contributed by atoms with Crippen LogP contribution >= 0.6 is 0 Å². The van der Waals surface area contributed by atoms with Crippen LogP contribution < -0.4 is 5.56 Å². The first-order valence-electron chi connectivity index (χ1n) is 9.51. The van der Waals surface area contributed by atoms with Crippen molar-refractivity contribution in [2.24, 2.45) is 0 Å². The molecule has 5 rings (SSSR count). The third-order valence-electron chi connectivity index (χ3n) is 5.51. The number of aromatic nitrogens is 4. The number of aryl methyl sites for hydroxylation is 1. The van der Waals surface area contributed by atoms with Gasteiger partial charge in [-0.3, -0.25) is 14.7 Å². The molecule has 6 nitrogen and oxygen atoms in total. The van der Waals surface area contributed by atoms with E-state index in [2.05, 4.69) is 50.0 Å². The molecule has 28 heavy (non-hydrogen) atoms. The van der Waals surface area contributed by atoms with E-state index in [1.807, 2.05) is 24.3 Å². The van der Waals surface area contributed by atoms with E-state index >= 15 is 0 Å². The van der Waals surface area contributed by atoms with Gasteiger partial charge in [0, 0.05) is 48.8 Å². The van der Waals surface area contributed by atoms with Gasteiger partial charge in [-0.1, -0.05) is 24.3 Å². The minimum absolute atomic E-state index is 0.0660. The summed E-state index contributed by atoms with van der Waals surface area (Å²) in [6, 6.07) is 14.0. The van der Waals surface area contributed by atoms with Crippen molar-refractivity contribution >= 4 is 10.9 Å². The molecule has 0 aliphatic carbocycles. The Hall–Kier alpha value is -3.25. The maximum Gasteiger partial charge on any atom is 0.255 e. The maximum atomic E-state index is 12.7. The average Bonchev–Trinajstić information content (AvgIpc) is 3.04. The van der Waals surface area contributed by atoms with Gasteiger partial charge in [-0.05, 0) is 30.7 Å². The van der Waals surface area contributed by atoms with Gasteiger partial charge in [-0.2, -0.15) is 0 Å². The summed E-state index contributed by atoms with van der Waals surface area (Å²) < 4.78 is 0. The monoisotopic (exact) mass is 371 g/mol. The second-order valence-electron chi connectivity index (χ2n) is 7.29. The molecule has 140 valence electrons. The number of H-pyrrole nitrogens is 2. The molecule has 0 saturated carbocycles. The molecule has 0 spiro atoms. The number of fused-ring (bicyclic) bond motifs is 2. The van der Waals surface area contributed by atoms with Crippen LogP contribution in [-0.4, -0.2) is 31.4 Å². The Balaban J connectivity index is 1.42. The highest BCUT2D eigenvalue weighted by Crippen LogP contribution is 2.24. The van der Waals surface area contributed by atoms with Gasteiger partial charge in [0.1, 0.15) is 5.69 Å². The van der Waals surface area contributed by atoms with E-state index in [4.69, 9.17) is 0 Å². The number of aromatic amines is 2. The van der Waals surface area contributed by atoms with Gasteiger partial charge in [0.25, 0.3) is 5.56 Å². The third kappa shape index (κ3) is 2.92. The molecule has 0 bridgehead atoms. The summed E-state index contributed by atoms with van der Waals surface area (Å²) in [5.41, 5.74) is 5.92. The lowest BCUT2D eigenvalue weighted by Crippen LogP contribution is -2.35. The molecule has 1 aliphatic rings. The van der Waals surface area contributed by atoms with Crippen LogP contribution in [0.4, 0.5) is 0 Å². The van der Waals surface area contributed by atoms with Gasteiger partial charge in [-0.15, -0.1) is 0 Å². The van der Waals surface area contributed by atoms with Crippen molar-refractivity contribution in [1.29, 1.82) is 0 Å². The van der Waals surface area contributed by atoms with Crippen LogP contribution in [0.1, 0.15) is 22.5 Å². The molecule has 4 heterocycles. The fourth-order valence-electron chi connectivity index (χ4n) is 3.96. The number of rotatable bonds is 3. The number of hydrogen-bond acceptors (Lipinski definition) is 4. The fourth-order valence-corrected chi connectivity index (χ4v) is 3.96. The Morgan fingerprint density at radius 3 is 2.79 bits per heavy atom. The van der Waals surface area contributed by atoms with Gasteiger partial charge in [0.15, 0.2) is 5.82 Å². The SMILES string of the molecule is Cc1c(CN2CCc3nc(-c4ccccn4)[nH]c(=O)c3C2)[nH]c2ccccc12. The Bertz CT molecular complexity index is 1210. The molecule has 4 aromatic rings. The van der Waals surface area contributed by atoms with Crippen molar-refractivity contribution in [1.82, 2.24) is 24.8 Å². The summed E-state index contributed by atoms with van der Waals surface area (Å²) in [4.78, 5) is 30.4. The smallest absolute Gasteiger partial charge is 0.255 e.